The maximum Gasteiger partial charge on any atom is 0.391 e. The van der Waals surface area contributed by atoms with Crippen LogP contribution in [0.25, 0.3) is 0 Å². The summed E-state index contributed by atoms with van der Waals surface area (Å²) in [4.78, 5) is 11.9. The van der Waals surface area contributed by atoms with E-state index in [-0.39, 0.29) is 30.7 Å². The fourth-order valence-corrected chi connectivity index (χ4v) is 2.81. The lowest BCUT2D eigenvalue weighted by Gasteiger charge is -2.37. The highest BCUT2D eigenvalue weighted by Gasteiger charge is 2.47. The van der Waals surface area contributed by atoms with E-state index >= 15 is 0 Å². The molecule has 0 radical (unpaired) electrons. The zero-order chi connectivity index (χ0) is 14.8. The molecule has 0 aromatic carbocycles. The van der Waals surface area contributed by atoms with Crippen molar-refractivity contribution in [3.8, 4) is 0 Å². The van der Waals surface area contributed by atoms with Gasteiger partial charge < -0.3 is 10.4 Å². The SMILES string of the molecule is O=C(NCC1(O)CCCC(C(F)(F)F)C1)c1cnns1. The van der Waals surface area contributed by atoms with E-state index in [1.807, 2.05) is 0 Å². The van der Waals surface area contributed by atoms with E-state index < -0.39 is 23.6 Å². The minimum atomic E-state index is -4.31. The highest BCUT2D eigenvalue weighted by molar-refractivity contribution is 7.07. The molecule has 1 aliphatic carbocycles. The summed E-state index contributed by atoms with van der Waals surface area (Å²) in [7, 11) is 0. The fraction of sp³-hybridized carbons (Fsp3) is 0.727. The average molecular weight is 309 g/mol. The van der Waals surface area contributed by atoms with Gasteiger partial charge in [-0.25, -0.2) is 0 Å². The second-order valence-corrected chi connectivity index (χ2v) is 5.81. The summed E-state index contributed by atoms with van der Waals surface area (Å²) in [6, 6.07) is 0. The Balaban J connectivity index is 1.92. The van der Waals surface area contributed by atoms with E-state index in [0.717, 1.165) is 11.5 Å². The van der Waals surface area contributed by atoms with Crippen LogP contribution in [0.5, 0.6) is 0 Å². The van der Waals surface area contributed by atoms with Crippen LogP contribution in [0.3, 0.4) is 0 Å². The summed E-state index contributed by atoms with van der Waals surface area (Å²) >= 11 is 0.887. The lowest BCUT2D eigenvalue weighted by atomic mass is 9.77. The molecule has 2 rings (SSSR count). The van der Waals surface area contributed by atoms with E-state index in [9.17, 15) is 23.1 Å². The van der Waals surface area contributed by atoms with E-state index in [0.29, 0.717) is 6.42 Å². The number of aliphatic hydroxyl groups is 1. The van der Waals surface area contributed by atoms with Gasteiger partial charge in [-0.15, -0.1) is 5.10 Å². The van der Waals surface area contributed by atoms with E-state index in [4.69, 9.17) is 0 Å². The van der Waals surface area contributed by atoms with Gasteiger partial charge in [-0.3, -0.25) is 4.79 Å². The first-order chi connectivity index (χ1) is 9.30. The molecule has 1 heterocycles. The van der Waals surface area contributed by atoms with E-state index in [2.05, 4.69) is 14.9 Å². The zero-order valence-electron chi connectivity index (χ0n) is 10.5. The molecule has 1 amide bonds. The Kier molecular flexibility index (Phi) is 4.28. The predicted octanol–water partition coefficient (Wildman–Crippen LogP) is 1.75. The fourth-order valence-electron chi connectivity index (χ4n) is 2.38. The van der Waals surface area contributed by atoms with Crippen molar-refractivity contribution in [2.75, 3.05) is 6.54 Å². The quantitative estimate of drug-likeness (QED) is 0.892. The molecular formula is C11H14F3N3O2S. The first-order valence-electron chi connectivity index (χ1n) is 6.15. The van der Waals surface area contributed by atoms with Crippen LogP contribution in [0, 0.1) is 5.92 Å². The molecule has 20 heavy (non-hydrogen) atoms. The van der Waals surface area contributed by atoms with Crippen molar-refractivity contribution < 1.29 is 23.1 Å². The van der Waals surface area contributed by atoms with Crippen LogP contribution in [-0.4, -0.2) is 38.9 Å². The molecule has 1 aromatic heterocycles. The van der Waals surface area contributed by atoms with E-state index in [1.165, 1.54) is 6.20 Å². The van der Waals surface area contributed by atoms with Gasteiger partial charge in [0.25, 0.3) is 5.91 Å². The summed E-state index contributed by atoms with van der Waals surface area (Å²) < 4.78 is 41.6. The van der Waals surface area contributed by atoms with Gasteiger partial charge in [-0.2, -0.15) is 13.2 Å². The van der Waals surface area contributed by atoms with Gasteiger partial charge in [0.2, 0.25) is 0 Å². The number of amides is 1. The number of carbonyl (C=O) groups is 1. The van der Waals surface area contributed by atoms with Crippen molar-refractivity contribution in [2.24, 2.45) is 5.92 Å². The predicted molar refractivity (Wildman–Crippen MR) is 65.2 cm³/mol. The molecule has 0 saturated heterocycles. The summed E-state index contributed by atoms with van der Waals surface area (Å²) in [6.45, 7) is -0.198. The van der Waals surface area contributed by atoms with Crippen LogP contribution >= 0.6 is 11.5 Å². The van der Waals surface area contributed by atoms with Crippen molar-refractivity contribution in [3.63, 3.8) is 0 Å². The van der Waals surface area contributed by atoms with Gasteiger partial charge in [-0.1, -0.05) is 4.49 Å². The first-order valence-corrected chi connectivity index (χ1v) is 6.92. The maximum absolute atomic E-state index is 12.7. The normalized spacial score (nSPS) is 27.3. The largest absolute Gasteiger partial charge is 0.391 e. The molecule has 1 saturated carbocycles. The molecule has 0 aliphatic heterocycles. The first kappa shape index (κ1) is 15.2. The molecule has 2 unspecified atom stereocenters. The maximum atomic E-state index is 12.7. The van der Waals surface area contributed by atoms with Crippen LogP contribution in [0.2, 0.25) is 0 Å². The number of rotatable bonds is 3. The molecule has 1 aliphatic rings. The molecule has 112 valence electrons. The Bertz CT molecular complexity index is 466. The number of nitrogens with one attached hydrogen (secondary N) is 1. The third-order valence-electron chi connectivity index (χ3n) is 3.45. The van der Waals surface area contributed by atoms with E-state index in [1.54, 1.807) is 0 Å². The van der Waals surface area contributed by atoms with Crippen LogP contribution in [-0.2, 0) is 0 Å². The molecule has 0 spiro atoms. The van der Waals surface area contributed by atoms with Gasteiger partial charge in [0, 0.05) is 6.54 Å². The third-order valence-corrected chi connectivity index (χ3v) is 4.11. The Morgan fingerprint density at radius 3 is 2.95 bits per heavy atom. The Morgan fingerprint density at radius 2 is 2.35 bits per heavy atom. The average Bonchev–Trinajstić information content (AvgIpc) is 2.89. The monoisotopic (exact) mass is 309 g/mol. The summed E-state index contributed by atoms with van der Waals surface area (Å²) in [6.07, 6.45) is -2.85. The molecule has 1 fully saturated rings. The molecule has 9 heteroatoms. The summed E-state index contributed by atoms with van der Waals surface area (Å²) in [5.41, 5.74) is -1.51. The van der Waals surface area contributed by atoms with Crippen molar-refractivity contribution in [1.82, 2.24) is 14.9 Å². The molecular weight excluding hydrogens is 295 g/mol. The minimum Gasteiger partial charge on any atom is -0.388 e. The molecule has 2 N–H and O–H groups in total. The standard InChI is InChI=1S/C11H14F3N3O2S/c12-11(13,14)7-2-1-3-10(19,4-7)6-15-9(18)8-5-16-17-20-8/h5,7,19H,1-4,6H2,(H,15,18). The van der Waals surface area contributed by atoms with Gasteiger partial charge in [0.15, 0.2) is 0 Å². The second-order valence-electron chi connectivity index (χ2n) is 5.02. The number of hydrogen-bond donors (Lipinski definition) is 2. The topological polar surface area (TPSA) is 75.1 Å². The molecule has 0 bridgehead atoms. The van der Waals surface area contributed by atoms with Gasteiger partial charge in [0.1, 0.15) is 4.88 Å². The lowest BCUT2D eigenvalue weighted by Crippen LogP contribution is -2.48. The van der Waals surface area contributed by atoms with Crippen molar-refractivity contribution in [1.29, 1.82) is 0 Å². The van der Waals surface area contributed by atoms with Crippen LogP contribution in [0.15, 0.2) is 6.20 Å². The molecule has 2 atom stereocenters. The lowest BCUT2D eigenvalue weighted by molar-refractivity contribution is -0.199. The number of aromatic nitrogens is 2. The van der Waals surface area contributed by atoms with Crippen molar-refractivity contribution in [2.45, 2.75) is 37.5 Å². The van der Waals surface area contributed by atoms with Crippen LogP contribution in [0.4, 0.5) is 13.2 Å². The summed E-state index contributed by atoms with van der Waals surface area (Å²) in [5.74, 6) is -1.99. The Labute approximate surface area is 117 Å². The third kappa shape index (κ3) is 3.66. The molecule has 5 nitrogen and oxygen atoms in total. The zero-order valence-corrected chi connectivity index (χ0v) is 11.3. The van der Waals surface area contributed by atoms with Gasteiger partial charge in [0.05, 0.1) is 17.7 Å². The van der Waals surface area contributed by atoms with Crippen LogP contribution < -0.4 is 5.32 Å². The van der Waals surface area contributed by atoms with Crippen LogP contribution in [0.1, 0.15) is 35.4 Å². The number of carbonyl (C=O) groups excluding carboxylic acids is 1. The van der Waals surface area contributed by atoms with Gasteiger partial charge >= 0.3 is 6.18 Å². The minimum absolute atomic E-state index is 0.0263. The van der Waals surface area contributed by atoms with Crippen molar-refractivity contribution in [3.05, 3.63) is 11.1 Å². The Hall–Kier alpha value is -1.22. The smallest absolute Gasteiger partial charge is 0.388 e. The molecule has 1 aromatic rings. The number of alkyl halides is 3. The number of hydrogen-bond acceptors (Lipinski definition) is 5. The highest BCUT2D eigenvalue weighted by Crippen LogP contribution is 2.41. The summed E-state index contributed by atoms with van der Waals surface area (Å²) in [5, 5.41) is 16.1. The number of nitrogens with zero attached hydrogens (tertiary/aromatic N) is 2. The second kappa shape index (κ2) is 5.65. The Morgan fingerprint density at radius 1 is 1.60 bits per heavy atom. The number of halogens is 3. The highest BCUT2D eigenvalue weighted by atomic mass is 32.1. The van der Waals surface area contributed by atoms with Gasteiger partial charge in [-0.05, 0) is 37.2 Å². The van der Waals surface area contributed by atoms with Crippen molar-refractivity contribution >= 4 is 17.4 Å².